The molecule has 2 N–H and O–H groups in total. The van der Waals surface area contributed by atoms with Crippen LogP contribution in [-0.2, 0) is 0 Å². The van der Waals surface area contributed by atoms with E-state index in [4.69, 9.17) is 5.26 Å². The van der Waals surface area contributed by atoms with Gasteiger partial charge in [-0.2, -0.15) is 5.26 Å². The zero-order chi connectivity index (χ0) is 16.5. The highest BCUT2D eigenvalue weighted by atomic mass is 16.1. The van der Waals surface area contributed by atoms with Gasteiger partial charge in [0.25, 0.3) is 5.91 Å². The van der Waals surface area contributed by atoms with Crippen LogP contribution in [0.3, 0.4) is 0 Å². The third kappa shape index (κ3) is 5.11. The summed E-state index contributed by atoms with van der Waals surface area (Å²) in [5.74, 6) is -0.154. The number of hydrogen-bond acceptors (Lipinski definition) is 4. The van der Waals surface area contributed by atoms with Crippen molar-refractivity contribution in [3.63, 3.8) is 0 Å². The minimum absolute atomic E-state index is 0.154. The maximum Gasteiger partial charge on any atom is 0.269 e. The van der Waals surface area contributed by atoms with Gasteiger partial charge in [-0.1, -0.05) is 25.8 Å². The Hall–Kier alpha value is -2.87. The second kappa shape index (κ2) is 8.54. The zero-order valence-corrected chi connectivity index (χ0v) is 13.2. The van der Waals surface area contributed by atoms with Crippen molar-refractivity contribution < 1.29 is 4.79 Å². The molecule has 0 aliphatic rings. The zero-order valence-electron chi connectivity index (χ0n) is 13.2. The molecule has 0 saturated carbocycles. The number of amides is 1. The Morgan fingerprint density at radius 2 is 2.09 bits per heavy atom. The first-order valence-corrected chi connectivity index (χ1v) is 7.74. The molecule has 0 atom stereocenters. The Kier molecular flexibility index (Phi) is 6.13. The van der Waals surface area contributed by atoms with Gasteiger partial charge in [-0.3, -0.25) is 4.79 Å². The SMILES string of the molecule is CCCCCNC(=O)c1ccc(Nc2cccc(C#N)c2)cn1. The summed E-state index contributed by atoms with van der Waals surface area (Å²) < 4.78 is 0. The number of nitrogens with zero attached hydrogens (tertiary/aromatic N) is 2. The first-order valence-electron chi connectivity index (χ1n) is 7.74. The van der Waals surface area contributed by atoms with E-state index in [0.717, 1.165) is 30.6 Å². The number of unbranched alkanes of at least 4 members (excludes halogenated alkanes) is 2. The van der Waals surface area contributed by atoms with Gasteiger partial charge in [0.2, 0.25) is 0 Å². The van der Waals surface area contributed by atoms with Crippen molar-refractivity contribution >= 4 is 17.3 Å². The molecule has 1 aromatic heterocycles. The van der Waals surface area contributed by atoms with E-state index in [1.807, 2.05) is 12.1 Å². The number of anilines is 2. The summed E-state index contributed by atoms with van der Waals surface area (Å²) >= 11 is 0. The smallest absolute Gasteiger partial charge is 0.269 e. The lowest BCUT2D eigenvalue weighted by Gasteiger charge is -2.08. The molecule has 5 nitrogen and oxygen atoms in total. The van der Waals surface area contributed by atoms with Gasteiger partial charge in [0.1, 0.15) is 5.69 Å². The summed E-state index contributed by atoms with van der Waals surface area (Å²) in [5.41, 5.74) is 2.56. The molecule has 5 heteroatoms. The number of aromatic nitrogens is 1. The van der Waals surface area contributed by atoms with Gasteiger partial charge >= 0.3 is 0 Å². The van der Waals surface area contributed by atoms with Crippen molar-refractivity contribution in [2.75, 3.05) is 11.9 Å². The van der Waals surface area contributed by atoms with Gasteiger partial charge in [0.05, 0.1) is 23.5 Å². The molecule has 0 radical (unpaired) electrons. The number of nitriles is 1. The molecule has 0 saturated heterocycles. The molecule has 1 aromatic carbocycles. The summed E-state index contributed by atoms with van der Waals surface area (Å²) in [6.45, 7) is 2.80. The number of carbonyl (C=O) groups is 1. The third-order valence-corrected chi connectivity index (χ3v) is 3.34. The molecule has 2 aromatic rings. The van der Waals surface area contributed by atoms with Crippen molar-refractivity contribution in [2.45, 2.75) is 26.2 Å². The minimum Gasteiger partial charge on any atom is -0.354 e. The lowest BCUT2D eigenvalue weighted by Crippen LogP contribution is -2.25. The van der Waals surface area contributed by atoms with Crippen molar-refractivity contribution in [1.29, 1.82) is 5.26 Å². The predicted octanol–water partition coefficient (Wildman–Crippen LogP) is 3.62. The maximum absolute atomic E-state index is 11.9. The highest BCUT2D eigenvalue weighted by Gasteiger charge is 2.06. The Morgan fingerprint density at radius 1 is 1.22 bits per heavy atom. The van der Waals surface area contributed by atoms with Crippen molar-refractivity contribution in [2.24, 2.45) is 0 Å². The van der Waals surface area contributed by atoms with Crippen LogP contribution >= 0.6 is 0 Å². The van der Waals surface area contributed by atoms with E-state index in [0.29, 0.717) is 17.8 Å². The van der Waals surface area contributed by atoms with E-state index < -0.39 is 0 Å². The van der Waals surface area contributed by atoms with Crippen LogP contribution < -0.4 is 10.6 Å². The molecule has 1 amide bonds. The van der Waals surface area contributed by atoms with Gasteiger partial charge in [-0.25, -0.2) is 4.98 Å². The van der Waals surface area contributed by atoms with Crippen LogP contribution in [0.25, 0.3) is 0 Å². The Balaban J connectivity index is 1.93. The summed E-state index contributed by atoms with van der Waals surface area (Å²) in [6.07, 6.45) is 4.83. The number of pyridine rings is 1. The lowest BCUT2D eigenvalue weighted by molar-refractivity contribution is 0.0948. The number of carbonyl (C=O) groups excluding carboxylic acids is 1. The van der Waals surface area contributed by atoms with E-state index >= 15 is 0 Å². The first-order chi connectivity index (χ1) is 11.2. The number of hydrogen-bond donors (Lipinski definition) is 2. The normalized spacial score (nSPS) is 9.91. The Labute approximate surface area is 136 Å². The van der Waals surface area contributed by atoms with Gasteiger partial charge in [0.15, 0.2) is 0 Å². The van der Waals surface area contributed by atoms with Crippen LogP contribution in [-0.4, -0.2) is 17.4 Å². The molecular weight excluding hydrogens is 288 g/mol. The molecule has 118 valence electrons. The van der Waals surface area contributed by atoms with E-state index in [1.54, 1.807) is 30.5 Å². The van der Waals surface area contributed by atoms with E-state index in [-0.39, 0.29) is 5.91 Å². The molecule has 0 unspecified atom stereocenters. The lowest BCUT2D eigenvalue weighted by atomic mass is 10.2. The number of nitrogens with one attached hydrogen (secondary N) is 2. The third-order valence-electron chi connectivity index (χ3n) is 3.34. The van der Waals surface area contributed by atoms with Crippen molar-refractivity contribution in [3.05, 3.63) is 53.9 Å². The molecule has 2 rings (SSSR count). The maximum atomic E-state index is 11.9. The summed E-state index contributed by atoms with van der Waals surface area (Å²) in [5, 5.41) is 14.9. The summed E-state index contributed by atoms with van der Waals surface area (Å²) in [7, 11) is 0. The fourth-order valence-electron chi connectivity index (χ4n) is 2.10. The molecule has 0 fully saturated rings. The topological polar surface area (TPSA) is 77.8 Å². The van der Waals surface area contributed by atoms with Gasteiger partial charge in [-0.05, 0) is 36.8 Å². The average molecular weight is 308 g/mol. The van der Waals surface area contributed by atoms with Crippen LogP contribution in [0.4, 0.5) is 11.4 Å². The largest absolute Gasteiger partial charge is 0.354 e. The highest BCUT2D eigenvalue weighted by Crippen LogP contribution is 2.17. The molecular formula is C18H20N4O. The molecule has 1 heterocycles. The molecule has 0 aliphatic heterocycles. The van der Waals surface area contributed by atoms with E-state index in [9.17, 15) is 4.79 Å². The van der Waals surface area contributed by atoms with Crippen LogP contribution in [0.2, 0.25) is 0 Å². The molecule has 23 heavy (non-hydrogen) atoms. The van der Waals surface area contributed by atoms with Crippen molar-refractivity contribution in [1.82, 2.24) is 10.3 Å². The fraction of sp³-hybridized carbons (Fsp3) is 0.278. The van der Waals surface area contributed by atoms with Gasteiger partial charge in [-0.15, -0.1) is 0 Å². The standard InChI is InChI=1S/C18H20N4O/c1-2-3-4-10-20-18(23)17-9-8-16(13-21-17)22-15-7-5-6-14(11-15)12-19/h5-9,11,13,22H,2-4,10H2,1H3,(H,20,23). The summed E-state index contributed by atoms with van der Waals surface area (Å²) in [4.78, 5) is 16.1. The Morgan fingerprint density at radius 3 is 2.78 bits per heavy atom. The van der Waals surface area contributed by atoms with Crippen LogP contribution in [0.5, 0.6) is 0 Å². The highest BCUT2D eigenvalue weighted by molar-refractivity contribution is 5.92. The quantitative estimate of drug-likeness (QED) is 0.766. The monoisotopic (exact) mass is 308 g/mol. The molecule has 0 bridgehead atoms. The van der Waals surface area contributed by atoms with Crippen LogP contribution in [0, 0.1) is 11.3 Å². The number of rotatable bonds is 7. The van der Waals surface area contributed by atoms with Crippen LogP contribution in [0.15, 0.2) is 42.6 Å². The second-order valence-corrected chi connectivity index (χ2v) is 5.21. The second-order valence-electron chi connectivity index (χ2n) is 5.21. The average Bonchev–Trinajstić information content (AvgIpc) is 2.59. The fourth-order valence-corrected chi connectivity index (χ4v) is 2.10. The Bertz CT molecular complexity index is 689. The predicted molar refractivity (Wildman–Crippen MR) is 90.5 cm³/mol. The molecule has 0 aliphatic carbocycles. The molecule has 0 spiro atoms. The van der Waals surface area contributed by atoms with E-state index in [2.05, 4.69) is 28.6 Å². The first kappa shape index (κ1) is 16.5. The van der Waals surface area contributed by atoms with Crippen LogP contribution in [0.1, 0.15) is 42.2 Å². The van der Waals surface area contributed by atoms with Crippen molar-refractivity contribution in [3.8, 4) is 6.07 Å². The minimum atomic E-state index is -0.154. The summed E-state index contributed by atoms with van der Waals surface area (Å²) in [6, 6.07) is 12.8. The van der Waals surface area contributed by atoms with Gasteiger partial charge < -0.3 is 10.6 Å². The van der Waals surface area contributed by atoms with E-state index in [1.165, 1.54) is 0 Å². The number of benzene rings is 1. The van der Waals surface area contributed by atoms with Gasteiger partial charge in [0, 0.05) is 12.2 Å².